The second kappa shape index (κ2) is 6.32. The third kappa shape index (κ3) is 3.23. The van der Waals surface area contributed by atoms with E-state index in [0.29, 0.717) is 25.6 Å². The van der Waals surface area contributed by atoms with Gasteiger partial charge in [0.2, 0.25) is 10.0 Å². The predicted molar refractivity (Wildman–Crippen MR) is 70.8 cm³/mol. The summed E-state index contributed by atoms with van der Waals surface area (Å²) in [6, 6.07) is 0. The maximum Gasteiger partial charge on any atom is 0.218 e. The van der Waals surface area contributed by atoms with Gasteiger partial charge in [0.15, 0.2) is 0 Å². The van der Waals surface area contributed by atoms with Crippen molar-refractivity contribution in [2.75, 3.05) is 32.8 Å². The maximum absolute atomic E-state index is 12.5. The number of sulfonamides is 1. The third-order valence-corrected chi connectivity index (χ3v) is 6.35. The minimum Gasteiger partial charge on any atom is -0.396 e. The fourth-order valence-corrected chi connectivity index (χ4v) is 4.98. The Morgan fingerprint density at radius 2 is 2.11 bits per heavy atom. The van der Waals surface area contributed by atoms with E-state index in [1.165, 1.54) is 0 Å². The molecule has 0 aromatic carbocycles. The fraction of sp³-hybridized carbons (Fsp3) is 1.00. The normalized spacial score (nSPS) is 31.4. The summed E-state index contributed by atoms with van der Waals surface area (Å²) in [6.07, 6.45) is 4.39. The van der Waals surface area contributed by atoms with Crippen molar-refractivity contribution in [3.63, 3.8) is 0 Å². The lowest BCUT2D eigenvalue weighted by Gasteiger charge is -2.35. The molecule has 2 N–H and O–H groups in total. The Hall–Kier alpha value is -0.170. The van der Waals surface area contributed by atoms with Crippen LogP contribution in [-0.2, 0) is 10.0 Å². The van der Waals surface area contributed by atoms with Crippen molar-refractivity contribution < 1.29 is 13.5 Å². The molecule has 2 heterocycles. The molecule has 0 radical (unpaired) electrons. The molecule has 5 nitrogen and oxygen atoms in total. The van der Waals surface area contributed by atoms with Crippen molar-refractivity contribution in [3.8, 4) is 0 Å². The lowest BCUT2D eigenvalue weighted by molar-refractivity contribution is 0.201. The summed E-state index contributed by atoms with van der Waals surface area (Å²) in [7, 11) is -3.15. The van der Waals surface area contributed by atoms with Gasteiger partial charge in [-0.1, -0.05) is 0 Å². The van der Waals surface area contributed by atoms with Crippen LogP contribution in [0.15, 0.2) is 0 Å². The number of aliphatic hydroxyl groups excluding tert-OH is 1. The van der Waals surface area contributed by atoms with Crippen molar-refractivity contribution in [2.45, 2.75) is 37.4 Å². The highest BCUT2D eigenvalue weighted by Crippen LogP contribution is 2.25. The van der Waals surface area contributed by atoms with E-state index in [1.54, 1.807) is 4.31 Å². The molecule has 2 aliphatic rings. The average Bonchev–Trinajstić information content (AvgIpc) is 2.40. The number of hydrogen-bond donors (Lipinski definition) is 2. The topological polar surface area (TPSA) is 69.6 Å². The first-order chi connectivity index (χ1) is 8.64. The summed E-state index contributed by atoms with van der Waals surface area (Å²) < 4.78 is 26.7. The number of hydrogen-bond acceptors (Lipinski definition) is 4. The van der Waals surface area contributed by atoms with Gasteiger partial charge in [0.05, 0.1) is 5.25 Å². The number of rotatable bonds is 4. The standard InChI is InChI=1S/C12H24N2O3S/c15-8-5-11-3-2-7-14(10-11)18(16,17)12-4-1-6-13-9-12/h11-13,15H,1-10H2. The van der Waals surface area contributed by atoms with Gasteiger partial charge in [0.25, 0.3) is 0 Å². The van der Waals surface area contributed by atoms with E-state index in [2.05, 4.69) is 5.32 Å². The zero-order valence-corrected chi connectivity index (χ0v) is 11.7. The Bertz CT molecular complexity index is 350. The van der Waals surface area contributed by atoms with Gasteiger partial charge in [0, 0.05) is 26.2 Å². The lowest BCUT2D eigenvalue weighted by atomic mass is 9.97. The Morgan fingerprint density at radius 3 is 2.78 bits per heavy atom. The number of aliphatic hydroxyl groups is 1. The van der Waals surface area contributed by atoms with E-state index in [1.807, 2.05) is 0 Å². The largest absolute Gasteiger partial charge is 0.396 e. The monoisotopic (exact) mass is 276 g/mol. The number of piperidine rings is 2. The van der Waals surface area contributed by atoms with E-state index < -0.39 is 10.0 Å². The van der Waals surface area contributed by atoms with E-state index in [9.17, 15) is 8.42 Å². The molecule has 0 amide bonds. The first kappa shape index (κ1) is 14.2. The molecule has 2 rings (SSSR count). The Labute approximate surface area is 110 Å². The van der Waals surface area contributed by atoms with Crippen molar-refractivity contribution in [1.29, 1.82) is 0 Å². The van der Waals surface area contributed by atoms with Crippen molar-refractivity contribution in [3.05, 3.63) is 0 Å². The van der Waals surface area contributed by atoms with Crippen LogP contribution in [0.2, 0.25) is 0 Å². The molecule has 0 aromatic heterocycles. The number of nitrogens with zero attached hydrogens (tertiary/aromatic N) is 1. The zero-order valence-electron chi connectivity index (χ0n) is 10.8. The van der Waals surface area contributed by atoms with Crippen LogP contribution in [0.1, 0.15) is 32.1 Å². The molecule has 106 valence electrons. The summed E-state index contributed by atoms with van der Waals surface area (Å²) in [6.45, 7) is 2.92. The van der Waals surface area contributed by atoms with E-state index in [0.717, 1.165) is 38.6 Å². The van der Waals surface area contributed by atoms with Crippen LogP contribution in [0.3, 0.4) is 0 Å². The summed E-state index contributed by atoms with van der Waals surface area (Å²) in [5.74, 6) is 0.329. The van der Waals surface area contributed by atoms with E-state index in [-0.39, 0.29) is 11.9 Å². The van der Waals surface area contributed by atoms with Crippen LogP contribution in [-0.4, -0.2) is 55.9 Å². The molecule has 6 heteroatoms. The van der Waals surface area contributed by atoms with Crippen LogP contribution >= 0.6 is 0 Å². The third-order valence-electron chi connectivity index (χ3n) is 4.05. The zero-order chi connectivity index (χ0) is 13.0. The van der Waals surface area contributed by atoms with Gasteiger partial charge in [-0.25, -0.2) is 12.7 Å². The lowest BCUT2D eigenvalue weighted by Crippen LogP contribution is -2.49. The van der Waals surface area contributed by atoms with Gasteiger partial charge in [0.1, 0.15) is 0 Å². The van der Waals surface area contributed by atoms with Crippen LogP contribution in [0.25, 0.3) is 0 Å². The van der Waals surface area contributed by atoms with Crippen LogP contribution in [0.5, 0.6) is 0 Å². The Morgan fingerprint density at radius 1 is 1.28 bits per heavy atom. The van der Waals surface area contributed by atoms with Gasteiger partial charge < -0.3 is 10.4 Å². The summed E-state index contributed by atoms with van der Waals surface area (Å²) in [5.41, 5.74) is 0. The molecule has 0 saturated carbocycles. The predicted octanol–water partition coefficient (Wildman–Crippen LogP) is 0.163. The van der Waals surface area contributed by atoms with Gasteiger partial charge >= 0.3 is 0 Å². The molecule has 0 bridgehead atoms. The van der Waals surface area contributed by atoms with Crippen LogP contribution < -0.4 is 5.32 Å². The number of nitrogens with one attached hydrogen (secondary N) is 1. The highest BCUT2D eigenvalue weighted by molar-refractivity contribution is 7.89. The van der Waals surface area contributed by atoms with Gasteiger partial charge in [-0.2, -0.15) is 0 Å². The van der Waals surface area contributed by atoms with E-state index >= 15 is 0 Å². The van der Waals surface area contributed by atoms with Gasteiger partial charge in [-0.05, 0) is 44.6 Å². The fourth-order valence-electron chi connectivity index (χ4n) is 2.96. The van der Waals surface area contributed by atoms with Gasteiger partial charge in [-0.15, -0.1) is 0 Å². The first-order valence-corrected chi connectivity index (χ1v) is 8.45. The molecule has 0 spiro atoms. The smallest absolute Gasteiger partial charge is 0.218 e. The first-order valence-electron chi connectivity index (χ1n) is 6.95. The Balaban J connectivity index is 1.99. The molecular formula is C12H24N2O3S. The molecule has 18 heavy (non-hydrogen) atoms. The Kier molecular flexibility index (Phi) is 5.00. The van der Waals surface area contributed by atoms with Crippen LogP contribution in [0.4, 0.5) is 0 Å². The minimum absolute atomic E-state index is 0.156. The average molecular weight is 276 g/mol. The molecule has 2 fully saturated rings. The molecule has 2 saturated heterocycles. The maximum atomic E-state index is 12.5. The van der Waals surface area contributed by atoms with Crippen LogP contribution in [0, 0.1) is 5.92 Å². The van der Waals surface area contributed by atoms with Crippen molar-refractivity contribution in [1.82, 2.24) is 9.62 Å². The van der Waals surface area contributed by atoms with E-state index in [4.69, 9.17) is 5.11 Å². The van der Waals surface area contributed by atoms with Crippen molar-refractivity contribution in [2.24, 2.45) is 5.92 Å². The molecular weight excluding hydrogens is 252 g/mol. The highest BCUT2D eigenvalue weighted by Gasteiger charge is 2.35. The molecule has 0 aromatic rings. The molecule has 2 atom stereocenters. The molecule has 2 aliphatic heterocycles. The molecule has 0 aliphatic carbocycles. The highest BCUT2D eigenvalue weighted by atomic mass is 32.2. The SMILES string of the molecule is O=S(=O)(C1CCCNC1)N1CCCC(CCO)C1. The quantitative estimate of drug-likeness (QED) is 0.767. The summed E-state index contributed by atoms with van der Waals surface area (Å²) in [5, 5.41) is 11.9. The second-order valence-electron chi connectivity index (χ2n) is 5.39. The van der Waals surface area contributed by atoms with Crippen molar-refractivity contribution >= 4 is 10.0 Å². The summed E-state index contributed by atoms with van der Waals surface area (Å²) in [4.78, 5) is 0. The second-order valence-corrected chi connectivity index (χ2v) is 7.60. The summed E-state index contributed by atoms with van der Waals surface area (Å²) >= 11 is 0. The minimum atomic E-state index is -3.15. The van der Waals surface area contributed by atoms with Gasteiger partial charge in [-0.3, -0.25) is 0 Å². The molecule has 2 unspecified atom stereocenters.